The first-order chi connectivity index (χ1) is 8.82. The van der Waals surface area contributed by atoms with Gasteiger partial charge in [-0.05, 0) is 31.6 Å². The number of aromatic nitrogens is 2. The van der Waals surface area contributed by atoms with E-state index >= 15 is 0 Å². The minimum Gasteiger partial charge on any atom is -0.494 e. The molecule has 6 heteroatoms. The van der Waals surface area contributed by atoms with Crippen molar-refractivity contribution < 1.29 is 5.11 Å². The Morgan fingerprint density at radius 1 is 1.21 bits per heavy atom. The molecule has 0 aliphatic carbocycles. The number of aromatic hydroxyl groups is 1. The van der Waals surface area contributed by atoms with E-state index in [4.69, 9.17) is 0 Å². The summed E-state index contributed by atoms with van der Waals surface area (Å²) in [6.07, 6.45) is 3.38. The number of allylic oxidation sites excluding steroid dienone is 2. The van der Waals surface area contributed by atoms with Crippen molar-refractivity contribution in [2.24, 2.45) is 19.1 Å². The van der Waals surface area contributed by atoms with Crippen molar-refractivity contribution in [2.75, 3.05) is 0 Å². The lowest BCUT2D eigenvalue weighted by Crippen LogP contribution is -2.38. The molecule has 1 N–H and O–H groups in total. The number of hydrogen-bond donors (Lipinski definition) is 1. The van der Waals surface area contributed by atoms with E-state index in [9.17, 15) is 14.7 Å². The van der Waals surface area contributed by atoms with Crippen LogP contribution >= 0.6 is 0 Å². The molecule has 0 amide bonds. The van der Waals surface area contributed by atoms with E-state index < -0.39 is 11.2 Å². The van der Waals surface area contributed by atoms with Crippen LogP contribution in [0.1, 0.15) is 19.4 Å². The second-order valence-electron chi connectivity index (χ2n) is 4.55. The van der Waals surface area contributed by atoms with Crippen LogP contribution in [0.4, 0.5) is 0 Å². The monoisotopic (exact) mass is 261 g/mol. The molecule has 0 atom stereocenters. The van der Waals surface area contributed by atoms with Crippen molar-refractivity contribution in [1.82, 2.24) is 9.13 Å². The molecule has 0 bridgehead atoms. The molecule has 0 saturated carbocycles. The van der Waals surface area contributed by atoms with E-state index in [1.54, 1.807) is 0 Å². The Labute approximate surface area is 109 Å². The van der Waals surface area contributed by atoms with E-state index in [1.807, 2.05) is 19.9 Å². The summed E-state index contributed by atoms with van der Waals surface area (Å²) >= 11 is 0. The summed E-state index contributed by atoms with van der Waals surface area (Å²) in [6.45, 7) is 3.72. The van der Waals surface area contributed by atoms with Gasteiger partial charge in [0.2, 0.25) is 5.88 Å². The molecule has 2 heterocycles. The second-order valence-corrected chi connectivity index (χ2v) is 4.55. The Kier molecular flexibility index (Phi) is 3.01. The lowest BCUT2D eigenvalue weighted by Gasteiger charge is -2.08. The molecule has 0 saturated heterocycles. The molecule has 0 radical (unpaired) electrons. The SMILES string of the molecule is CC1=CC(C)=NC1=Cc1c(O)n(C)c(=O)n(C)c1=O. The normalized spacial score (nSPS) is 16.7. The van der Waals surface area contributed by atoms with Crippen molar-refractivity contribution >= 4 is 11.8 Å². The van der Waals surface area contributed by atoms with Gasteiger partial charge in [-0.3, -0.25) is 18.9 Å². The average molecular weight is 261 g/mol. The molecule has 2 rings (SSSR count). The largest absolute Gasteiger partial charge is 0.494 e. The molecule has 1 aliphatic rings. The Balaban J connectivity index is 2.74. The van der Waals surface area contributed by atoms with E-state index in [2.05, 4.69) is 4.99 Å². The summed E-state index contributed by atoms with van der Waals surface area (Å²) in [5, 5.41) is 9.93. The van der Waals surface area contributed by atoms with Crippen LogP contribution in [0, 0.1) is 0 Å². The summed E-state index contributed by atoms with van der Waals surface area (Å²) in [6, 6.07) is 0. The predicted molar refractivity (Wildman–Crippen MR) is 73.4 cm³/mol. The van der Waals surface area contributed by atoms with Crippen molar-refractivity contribution in [1.29, 1.82) is 0 Å². The van der Waals surface area contributed by atoms with E-state index in [0.29, 0.717) is 5.70 Å². The van der Waals surface area contributed by atoms with Gasteiger partial charge in [-0.2, -0.15) is 0 Å². The molecule has 1 aliphatic heterocycles. The van der Waals surface area contributed by atoms with Crippen LogP contribution in [-0.4, -0.2) is 20.0 Å². The highest BCUT2D eigenvalue weighted by Crippen LogP contribution is 2.22. The number of hydrogen-bond acceptors (Lipinski definition) is 4. The van der Waals surface area contributed by atoms with Crippen LogP contribution in [0.3, 0.4) is 0 Å². The highest BCUT2D eigenvalue weighted by molar-refractivity contribution is 5.98. The minimum absolute atomic E-state index is 0.0609. The number of rotatable bonds is 1. The Bertz CT molecular complexity index is 761. The lowest BCUT2D eigenvalue weighted by molar-refractivity contribution is 0.410. The first-order valence-electron chi connectivity index (χ1n) is 5.77. The minimum atomic E-state index is -0.567. The maximum Gasteiger partial charge on any atom is 0.333 e. The second kappa shape index (κ2) is 4.38. The van der Waals surface area contributed by atoms with Crippen molar-refractivity contribution in [3.05, 3.63) is 43.7 Å². The van der Waals surface area contributed by atoms with Crippen LogP contribution in [0.15, 0.2) is 31.9 Å². The third-order valence-corrected chi connectivity index (χ3v) is 3.07. The standard InChI is InChI=1S/C13H15N3O3/c1-7-5-8(2)14-10(7)6-9-11(17)15(3)13(19)16(4)12(9)18/h5-6,17H,1-4H3. The van der Waals surface area contributed by atoms with Gasteiger partial charge in [0.1, 0.15) is 5.56 Å². The molecule has 100 valence electrons. The number of aliphatic imine (C=N–C) groups is 1. The van der Waals surface area contributed by atoms with E-state index in [0.717, 1.165) is 20.4 Å². The van der Waals surface area contributed by atoms with E-state index in [1.165, 1.54) is 20.2 Å². The van der Waals surface area contributed by atoms with Crippen LogP contribution in [0.5, 0.6) is 5.88 Å². The molecular weight excluding hydrogens is 246 g/mol. The van der Waals surface area contributed by atoms with Gasteiger partial charge in [-0.1, -0.05) is 0 Å². The smallest absolute Gasteiger partial charge is 0.333 e. The zero-order valence-electron chi connectivity index (χ0n) is 11.3. The fourth-order valence-corrected chi connectivity index (χ4v) is 1.97. The Morgan fingerprint density at radius 3 is 2.37 bits per heavy atom. The Morgan fingerprint density at radius 2 is 1.84 bits per heavy atom. The molecule has 1 aromatic heterocycles. The highest BCUT2D eigenvalue weighted by atomic mass is 16.3. The molecule has 0 spiro atoms. The van der Waals surface area contributed by atoms with Crippen LogP contribution in [0.25, 0.3) is 6.08 Å². The third kappa shape index (κ3) is 2.05. The van der Waals surface area contributed by atoms with Gasteiger partial charge in [0.05, 0.1) is 5.70 Å². The van der Waals surface area contributed by atoms with E-state index in [-0.39, 0.29) is 11.4 Å². The van der Waals surface area contributed by atoms with Crippen LogP contribution in [-0.2, 0) is 14.1 Å². The quantitative estimate of drug-likeness (QED) is 0.802. The molecule has 1 aromatic rings. The van der Waals surface area contributed by atoms with Crippen LogP contribution < -0.4 is 11.2 Å². The summed E-state index contributed by atoms with van der Waals surface area (Å²) in [4.78, 5) is 27.9. The lowest BCUT2D eigenvalue weighted by atomic mass is 10.1. The zero-order chi connectivity index (χ0) is 14.3. The molecule has 0 unspecified atom stereocenters. The molecule has 0 fully saturated rings. The first-order valence-corrected chi connectivity index (χ1v) is 5.77. The van der Waals surface area contributed by atoms with Gasteiger partial charge in [-0.25, -0.2) is 4.79 Å². The summed E-state index contributed by atoms with van der Waals surface area (Å²) in [7, 11) is 2.78. The van der Waals surface area contributed by atoms with Gasteiger partial charge in [0, 0.05) is 19.8 Å². The molecule has 6 nitrogen and oxygen atoms in total. The van der Waals surface area contributed by atoms with Crippen molar-refractivity contribution in [3.63, 3.8) is 0 Å². The fourth-order valence-electron chi connectivity index (χ4n) is 1.97. The van der Waals surface area contributed by atoms with Crippen molar-refractivity contribution in [3.8, 4) is 5.88 Å². The summed E-state index contributed by atoms with van der Waals surface area (Å²) < 4.78 is 1.98. The first kappa shape index (κ1) is 13.1. The third-order valence-electron chi connectivity index (χ3n) is 3.07. The number of nitrogens with zero attached hydrogens (tertiary/aromatic N) is 3. The van der Waals surface area contributed by atoms with Crippen molar-refractivity contribution in [2.45, 2.75) is 13.8 Å². The average Bonchev–Trinajstić information content (AvgIpc) is 2.68. The topological polar surface area (TPSA) is 76.6 Å². The maximum absolute atomic E-state index is 12.0. The van der Waals surface area contributed by atoms with Gasteiger partial charge < -0.3 is 5.11 Å². The van der Waals surface area contributed by atoms with Gasteiger partial charge in [0.25, 0.3) is 5.56 Å². The molecular formula is C13H15N3O3. The predicted octanol–water partition coefficient (Wildman–Crippen LogP) is 0.551. The van der Waals surface area contributed by atoms with Gasteiger partial charge in [-0.15, -0.1) is 0 Å². The Hall–Kier alpha value is -2.37. The maximum atomic E-state index is 12.0. The van der Waals surface area contributed by atoms with Crippen LogP contribution in [0.2, 0.25) is 0 Å². The summed E-state index contributed by atoms with van der Waals surface area (Å²) in [5.74, 6) is -0.354. The fraction of sp³-hybridized carbons (Fsp3) is 0.308. The molecule has 0 aromatic carbocycles. The summed E-state index contributed by atoms with van der Waals surface area (Å²) in [5.41, 5.74) is 1.32. The van der Waals surface area contributed by atoms with Gasteiger partial charge in [0.15, 0.2) is 0 Å². The zero-order valence-corrected chi connectivity index (χ0v) is 11.3. The molecule has 19 heavy (non-hydrogen) atoms. The van der Waals surface area contributed by atoms with Gasteiger partial charge >= 0.3 is 5.69 Å². The highest BCUT2D eigenvalue weighted by Gasteiger charge is 2.15.